The van der Waals surface area contributed by atoms with Crippen molar-refractivity contribution in [3.63, 3.8) is 0 Å². The molecule has 27 saturated carbocycles. The predicted molar refractivity (Wildman–Crippen MR) is 127 cm³/mol. The van der Waals surface area contributed by atoms with Gasteiger partial charge in [0.15, 0.2) is 0 Å². The first-order valence-corrected chi connectivity index (χ1v) is 19.9. The summed E-state index contributed by atoms with van der Waals surface area (Å²) in [5.41, 5.74) is 17.9. The lowest BCUT2D eigenvalue weighted by atomic mass is 8.48. The molecule has 0 N–H and O–H groups in total. The molecule has 0 aliphatic heterocycles. The third-order valence-electron chi connectivity index (χ3n) is 33.2. The Hall–Kier alpha value is 0. The summed E-state index contributed by atoms with van der Waals surface area (Å²) in [7, 11) is 0. The van der Waals surface area contributed by atoms with Crippen LogP contribution in [-0.4, -0.2) is 0 Å². The quantitative estimate of drug-likeness (QED) is 0.464. The molecule has 27 rings (SSSR count). The minimum Gasteiger partial charge on any atom is -0.0458 e. The molecule has 16 spiro atoms. The Labute approximate surface area is 230 Å². The molecule has 0 heterocycles. The highest BCUT2D eigenvalue weighted by Gasteiger charge is 3.55. The van der Waals surface area contributed by atoms with Gasteiger partial charge in [-0.1, -0.05) is 0 Å². The Morgan fingerprint density at radius 1 is 0.200 bits per heavy atom. The second-order valence-corrected chi connectivity index (χ2v) is 25.3. The van der Waals surface area contributed by atoms with E-state index in [-0.39, 0.29) is 0 Å². The Morgan fingerprint density at radius 3 is 0.650 bits per heavy atom. The van der Waals surface area contributed by atoms with Gasteiger partial charge in [0.05, 0.1) is 0 Å². The smallest absolute Gasteiger partial charge is 0.00502 e. The molecule has 32 atom stereocenters. The third kappa shape index (κ3) is 0.328. The maximum Gasteiger partial charge on any atom is -0.00502 e. The SMILES string of the molecule is C1C2C3CC4C5C6C7C8C9C%10C%11CC%12C%13CC%14C%15C%16C%17C%18C%19C%20C1C21C34C52C%201C%191C62C72C%181C%171C%163C%154C%13%14C%12%11C%104C93C812. The van der Waals surface area contributed by atoms with Crippen LogP contribution >= 0.6 is 0 Å². The van der Waals surface area contributed by atoms with Gasteiger partial charge >= 0.3 is 0 Å². The summed E-state index contributed by atoms with van der Waals surface area (Å²) in [5.74, 6) is 27.6. The summed E-state index contributed by atoms with van der Waals surface area (Å²) in [4.78, 5) is 0. The Bertz CT molecular complexity index is 2010. The standard InChI is InChI=1S/C40H28/c1-5-6-2-10-14-18-23-24-20-16-12-4-8-7-3-11-15-19-22-21-17-13-9(1)25(5)26(6,10)30(14)29(13,25)33(17)34(18,30)39(23)37(21,33)38(22)35(19)31(15)27(7,11)28(8,12)32(16,31)36(20,35)40(24,38)39/h5-24H,1-4H2. The molecule has 0 heteroatoms. The van der Waals surface area contributed by atoms with E-state index in [9.17, 15) is 0 Å². The van der Waals surface area contributed by atoms with E-state index in [0.717, 1.165) is 86.6 Å². The first-order valence-electron chi connectivity index (χ1n) is 19.9. The molecule has 27 fully saturated rings. The van der Waals surface area contributed by atoms with Crippen molar-refractivity contribution in [2.24, 2.45) is 205 Å². The second kappa shape index (κ2) is 2.20. The molecule has 0 aromatic carbocycles. The Morgan fingerprint density at radius 2 is 0.400 bits per heavy atom. The van der Waals surface area contributed by atoms with Crippen molar-refractivity contribution >= 4 is 0 Å². The van der Waals surface area contributed by atoms with E-state index in [1.54, 1.807) is 25.7 Å². The van der Waals surface area contributed by atoms with Crippen LogP contribution in [0.4, 0.5) is 0 Å². The van der Waals surface area contributed by atoms with E-state index in [0.29, 0.717) is 0 Å². The molecule has 27 aliphatic carbocycles. The maximum atomic E-state index is 1.80. The highest BCUT2D eigenvalue weighted by molar-refractivity contribution is 6.00. The zero-order chi connectivity index (χ0) is 22.4. The van der Waals surface area contributed by atoms with Crippen molar-refractivity contribution in [1.82, 2.24) is 0 Å². The van der Waals surface area contributed by atoms with Gasteiger partial charge in [0.1, 0.15) is 0 Å². The Kier molecular flexibility index (Phi) is 0.768. The van der Waals surface area contributed by atoms with Crippen molar-refractivity contribution < 1.29 is 0 Å². The molecule has 0 aromatic heterocycles. The second-order valence-electron chi connectivity index (χ2n) is 25.3. The van der Waals surface area contributed by atoms with E-state index in [2.05, 4.69) is 0 Å². The maximum absolute atomic E-state index is 1.80. The van der Waals surface area contributed by atoms with E-state index >= 15 is 0 Å². The molecule has 32 unspecified atom stereocenters. The van der Waals surface area contributed by atoms with E-state index in [1.165, 1.54) is 118 Å². The number of hydrogen-bond acceptors (Lipinski definition) is 0. The first kappa shape index (κ1) is 14.0. The van der Waals surface area contributed by atoms with Gasteiger partial charge in [-0.15, -0.1) is 0 Å². The summed E-state index contributed by atoms with van der Waals surface area (Å²) in [6.07, 6.45) is 7.20. The summed E-state index contributed by atoms with van der Waals surface area (Å²) in [5, 5.41) is 0. The third-order valence-corrected chi connectivity index (χ3v) is 33.2. The topological polar surface area (TPSA) is 0 Å². The molecule has 27 aliphatic rings. The largest absolute Gasteiger partial charge is 0.0458 e. The summed E-state index contributed by atoms with van der Waals surface area (Å²) < 4.78 is 0. The molecule has 0 radical (unpaired) electrons. The van der Waals surface area contributed by atoms with Crippen molar-refractivity contribution in [3.05, 3.63) is 0 Å². The summed E-state index contributed by atoms with van der Waals surface area (Å²) >= 11 is 0. The summed E-state index contributed by atoms with van der Waals surface area (Å²) in [6, 6.07) is 0. The number of fused-ring (bicyclic) bond motifs is 16. The van der Waals surface area contributed by atoms with E-state index < -0.39 is 0 Å². The predicted octanol–water partition coefficient (Wildman–Crippen LogP) is 4.02. The minimum absolute atomic E-state index is 1.10. The molecule has 0 nitrogen and oxygen atoms in total. The summed E-state index contributed by atoms with van der Waals surface area (Å²) in [6.45, 7) is 0. The fourth-order valence-corrected chi connectivity index (χ4v) is 41.0. The zero-order valence-corrected chi connectivity index (χ0v) is 22.4. The number of rotatable bonds is 0. The molecule has 0 bridgehead atoms. The van der Waals surface area contributed by atoms with Crippen LogP contribution in [-0.2, 0) is 0 Å². The van der Waals surface area contributed by atoms with Crippen LogP contribution in [0.15, 0.2) is 0 Å². The lowest BCUT2D eigenvalue weighted by molar-refractivity contribution is -1.10. The minimum atomic E-state index is 1.10. The first-order chi connectivity index (χ1) is 19.9. The van der Waals surface area contributed by atoms with Crippen molar-refractivity contribution in [1.29, 1.82) is 0 Å². The van der Waals surface area contributed by atoms with Gasteiger partial charge in [-0.25, -0.2) is 0 Å². The van der Waals surface area contributed by atoms with E-state index in [4.69, 9.17) is 0 Å². The molecule has 188 valence electrons. The molecular formula is C40H28. The van der Waals surface area contributed by atoms with Crippen molar-refractivity contribution in [3.8, 4) is 0 Å². The van der Waals surface area contributed by atoms with Crippen LogP contribution in [0.2, 0.25) is 0 Å². The van der Waals surface area contributed by atoms with Crippen LogP contribution in [0.3, 0.4) is 0 Å². The molecule has 0 aromatic rings. The lowest BCUT2D eigenvalue weighted by Gasteiger charge is -3.55. The fraction of sp³-hybridized carbons (Fsp3) is 1.00. The fourth-order valence-electron chi connectivity index (χ4n) is 41.0. The van der Waals surface area contributed by atoms with Crippen LogP contribution in [0, 0.1) is 205 Å². The molecule has 0 amide bonds. The van der Waals surface area contributed by atoms with Gasteiger partial charge in [-0.05, 0) is 231 Å². The monoisotopic (exact) mass is 508 g/mol. The van der Waals surface area contributed by atoms with Gasteiger partial charge in [0.2, 0.25) is 0 Å². The lowest BCUT2D eigenvalue weighted by Crippen LogP contribution is -3.53. The number of hydrogen-bond donors (Lipinski definition) is 0. The van der Waals surface area contributed by atoms with Crippen LogP contribution in [0.25, 0.3) is 0 Å². The van der Waals surface area contributed by atoms with Crippen molar-refractivity contribution in [2.45, 2.75) is 25.7 Å². The highest BCUT2D eigenvalue weighted by Crippen LogP contribution is 3.57. The zero-order valence-electron chi connectivity index (χ0n) is 22.4. The van der Waals surface area contributed by atoms with Crippen LogP contribution in [0.5, 0.6) is 0 Å². The van der Waals surface area contributed by atoms with Gasteiger partial charge in [-0.2, -0.15) is 0 Å². The molecule has 0 saturated heterocycles. The van der Waals surface area contributed by atoms with Crippen LogP contribution in [0.1, 0.15) is 25.7 Å². The normalized spacial score (nSPS) is 133. The van der Waals surface area contributed by atoms with Gasteiger partial charge in [-0.3, -0.25) is 0 Å². The van der Waals surface area contributed by atoms with Gasteiger partial charge < -0.3 is 0 Å². The molecular weight excluding hydrogens is 480 g/mol. The van der Waals surface area contributed by atoms with Gasteiger partial charge in [0.25, 0.3) is 0 Å². The Balaban J connectivity index is 0.897. The van der Waals surface area contributed by atoms with Gasteiger partial charge in [0, 0.05) is 0 Å². The average molecular weight is 509 g/mol. The van der Waals surface area contributed by atoms with Crippen molar-refractivity contribution in [2.75, 3.05) is 0 Å². The molecule has 40 heavy (non-hydrogen) atoms. The van der Waals surface area contributed by atoms with E-state index in [1.807, 2.05) is 0 Å². The van der Waals surface area contributed by atoms with Crippen LogP contribution < -0.4 is 0 Å². The highest BCUT2D eigenvalue weighted by atomic mass is 15.6. The average Bonchev–Trinajstić information content (AvgIpc) is 2.81.